The summed E-state index contributed by atoms with van der Waals surface area (Å²) in [7, 11) is 0. The fraction of sp³-hybridized carbons (Fsp3) is 0.533. The summed E-state index contributed by atoms with van der Waals surface area (Å²) in [4.78, 5) is 11.6. The van der Waals surface area contributed by atoms with Crippen molar-refractivity contribution in [2.45, 2.75) is 12.5 Å². The molecule has 1 heterocycles. The number of benzene rings is 1. The van der Waals surface area contributed by atoms with Gasteiger partial charge in [0.1, 0.15) is 6.61 Å². The number of aliphatic hydroxyl groups is 1. The van der Waals surface area contributed by atoms with Crippen molar-refractivity contribution in [1.29, 1.82) is 0 Å². The number of aliphatic hydroxyl groups excluding tert-OH is 1. The van der Waals surface area contributed by atoms with E-state index in [0.29, 0.717) is 19.7 Å². The molecule has 2 rings (SSSR count). The molecule has 110 valence electrons. The van der Waals surface area contributed by atoms with Gasteiger partial charge in [0.2, 0.25) is 5.91 Å². The van der Waals surface area contributed by atoms with Gasteiger partial charge in [0.15, 0.2) is 0 Å². The van der Waals surface area contributed by atoms with Crippen LogP contribution in [0.1, 0.15) is 5.56 Å². The minimum Gasteiger partial charge on any atom is -0.391 e. The Balaban J connectivity index is 1.54. The largest absolute Gasteiger partial charge is 0.391 e. The number of β-amino-alcohol motifs (C(OH)–C–C–N with tert-alkyl or cyclic N) is 1. The molecule has 1 saturated heterocycles. The lowest BCUT2D eigenvalue weighted by molar-refractivity contribution is -0.125. The Morgan fingerprint density at radius 3 is 2.85 bits per heavy atom. The van der Waals surface area contributed by atoms with Crippen LogP contribution in [0.4, 0.5) is 0 Å². The Kier molecular flexibility index (Phi) is 5.98. The van der Waals surface area contributed by atoms with Crippen LogP contribution in [0, 0.1) is 5.92 Å². The third-order valence-corrected chi connectivity index (χ3v) is 3.48. The molecule has 1 amide bonds. The third-order valence-electron chi connectivity index (χ3n) is 3.48. The lowest BCUT2D eigenvalue weighted by atomic mass is 10.1. The smallest absolute Gasteiger partial charge is 0.246 e. The van der Waals surface area contributed by atoms with Crippen LogP contribution in [0.2, 0.25) is 0 Å². The molecule has 1 aromatic carbocycles. The molecule has 0 aliphatic carbocycles. The molecule has 0 spiro atoms. The highest BCUT2D eigenvalue weighted by atomic mass is 16.5. The highest BCUT2D eigenvalue weighted by Gasteiger charge is 2.24. The van der Waals surface area contributed by atoms with Gasteiger partial charge in [-0.05, 0) is 12.0 Å². The van der Waals surface area contributed by atoms with E-state index in [0.717, 1.165) is 13.0 Å². The Morgan fingerprint density at radius 1 is 1.35 bits per heavy atom. The van der Waals surface area contributed by atoms with Crippen LogP contribution in [0.3, 0.4) is 0 Å². The van der Waals surface area contributed by atoms with Gasteiger partial charge in [-0.25, -0.2) is 0 Å². The van der Waals surface area contributed by atoms with Crippen molar-refractivity contribution < 1.29 is 14.6 Å². The molecule has 2 atom stereocenters. The first kappa shape index (κ1) is 15.0. The monoisotopic (exact) mass is 278 g/mol. The van der Waals surface area contributed by atoms with Gasteiger partial charge in [-0.1, -0.05) is 30.3 Å². The summed E-state index contributed by atoms with van der Waals surface area (Å²) in [6.45, 7) is 2.45. The fourth-order valence-electron chi connectivity index (χ4n) is 2.22. The molecule has 0 bridgehead atoms. The molecule has 0 aromatic heterocycles. The zero-order valence-electron chi connectivity index (χ0n) is 11.5. The average molecular weight is 278 g/mol. The second-order valence-corrected chi connectivity index (χ2v) is 5.08. The van der Waals surface area contributed by atoms with Crippen molar-refractivity contribution in [3.8, 4) is 0 Å². The second-order valence-electron chi connectivity index (χ2n) is 5.08. The van der Waals surface area contributed by atoms with Crippen molar-refractivity contribution in [2.75, 3.05) is 32.8 Å². The van der Waals surface area contributed by atoms with Crippen LogP contribution < -0.4 is 10.6 Å². The Hall–Kier alpha value is -1.43. The average Bonchev–Trinajstić information content (AvgIpc) is 2.88. The SMILES string of the molecule is O=C(COCCc1ccccc1)NCC1CNCC1O. The van der Waals surface area contributed by atoms with E-state index in [1.54, 1.807) is 0 Å². The van der Waals surface area contributed by atoms with Gasteiger partial charge < -0.3 is 20.5 Å². The Bertz CT molecular complexity index is 411. The van der Waals surface area contributed by atoms with E-state index in [1.165, 1.54) is 5.56 Å². The number of ether oxygens (including phenoxy) is 1. The van der Waals surface area contributed by atoms with Crippen LogP contribution >= 0.6 is 0 Å². The highest BCUT2D eigenvalue weighted by molar-refractivity contribution is 5.77. The minimum atomic E-state index is -0.366. The number of carbonyl (C=O) groups excluding carboxylic acids is 1. The third kappa shape index (κ3) is 4.92. The van der Waals surface area contributed by atoms with E-state index in [-0.39, 0.29) is 24.5 Å². The van der Waals surface area contributed by atoms with Gasteiger partial charge >= 0.3 is 0 Å². The molecule has 0 radical (unpaired) electrons. The molecule has 20 heavy (non-hydrogen) atoms. The number of hydrogen-bond donors (Lipinski definition) is 3. The zero-order valence-corrected chi connectivity index (χ0v) is 11.5. The number of amides is 1. The first-order chi connectivity index (χ1) is 9.75. The fourth-order valence-corrected chi connectivity index (χ4v) is 2.22. The molecule has 3 N–H and O–H groups in total. The second kappa shape index (κ2) is 7.99. The summed E-state index contributed by atoms with van der Waals surface area (Å²) < 4.78 is 5.35. The van der Waals surface area contributed by atoms with Crippen molar-refractivity contribution in [1.82, 2.24) is 10.6 Å². The molecule has 1 fully saturated rings. The Labute approximate surface area is 119 Å². The van der Waals surface area contributed by atoms with Gasteiger partial charge in [-0.2, -0.15) is 0 Å². The summed E-state index contributed by atoms with van der Waals surface area (Å²) in [6, 6.07) is 10.0. The van der Waals surface area contributed by atoms with Crippen LogP contribution in [0.15, 0.2) is 30.3 Å². The van der Waals surface area contributed by atoms with Crippen LogP contribution in [-0.2, 0) is 16.0 Å². The van der Waals surface area contributed by atoms with Crippen molar-refractivity contribution in [3.05, 3.63) is 35.9 Å². The summed E-state index contributed by atoms with van der Waals surface area (Å²) in [5.41, 5.74) is 1.20. The topological polar surface area (TPSA) is 70.6 Å². The molecule has 5 heteroatoms. The predicted molar refractivity (Wildman–Crippen MR) is 76.3 cm³/mol. The van der Waals surface area contributed by atoms with Gasteiger partial charge in [0, 0.05) is 25.6 Å². The quantitative estimate of drug-likeness (QED) is 0.611. The van der Waals surface area contributed by atoms with Crippen molar-refractivity contribution in [3.63, 3.8) is 0 Å². The molecule has 1 aliphatic rings. The van der Waals surface area contributed by atoms with Crippen LogP contribution in [0.5, 0.6) is 0 Å². The van der Waals surface area contributed by atoms with Crippen molar-refractivity contribution in [2.24, 2.45) is 5.92 Å². The summed E-state index contributed by atoms with van der Waals surface area (Å²) in [5, 5.41) is 15.5. The lowest BCUT2D eigenvalue weighted by Gasteiger charge is -2.14. The summed E-state index contributed by atoms with van der Waals surface area (Å²) in [5.74, 6) is -0.0274. The number of carbonyl (C=O) groups is 1. The molecule has 1 aromatic rings. The van der Waals surface area contributed by atoms with E-state index >= 15 is 0 Å². The van der Waals surface area contributed by atoms with E-state index < -0.39 is 0 Å². The van der Waals surface area contributed by atoms with E-state index in [9.17, 15) is 9.90 Å². The molecular weight excluding hydrogens is 256 g/mol. The normalized spacial score (nSPS) is 21.9. The Morgan fingerprint density at radius 2 is 2.15 bits per heavy atom. The summed E-state index contributed by atoms with van der Waals surface area (Å²) in [6.07, 6.45) is 0.439. The molecule has 2 unspecified atom stereocenters. The minimum absolute atomic E-state index is 0.0725. The maximum atomic E-state index is 11.6. The van der Waals surface area contributed by atoms with Gasteiger partial charge in [-0.15, -0.1) is 0 Å². The number of rotatable bonds is 7. The van der Waals surface area contributed by atoms with E-state index in [2.05, 4.69) is 10.6 Å². The van der Waals surface area contributed by atoms with Gasteiger partial charge in [-0.3, -0.25) is 4.79 Å². The lowest BCUT2D eigenvalue weighted by Crippen LogP contribution is -2.36. The van der Waals surface area contributed by atoms with Crippen LogP contribution in [-0.4, -0.2) is 50.0 Å². The number of hydrogen-bond acceptors (Lipinski definition) is 4. The zero-order chi connectivity index (χ0) is 14.2. The number of nitrogens with one attached hydrogen (secondary N) is 2. The maximum Gasteiger partial charge on any atom is 0.246 e. The first-order valence-corrected chi connectivity index (χ1v) is 7.03. The van der Waals surface area contributed by atoms with Crippen molar-refractivity contribution >= 4 is 5.91 Å². The van der Waals surface area contributed by atoms with Gasteiger partial charge in [0.25, 0.3) is 0 Å². The molecule has 1 aliphatic heterocycles. The first-order valence-electron chi connectivity index (χ1n) is 7.03. The highest BCUT2D eigenvalue weighted by Crippen LogP contribution is 2.06. The maximum absolute atomic E-state index is 11.6. The molecular formula is C15H22N2O3. The standard InChI is InChI=1S/C15H22N2O3/c18-14-10-16-8-13(14)9-17-15(19)11-20-7-6-12-4-2-1-3-5-12/h1-5,13-14,16,18H,6-11H2,(H,17,19). The summed E-state index contributed by atoms with van der Waals surface area (Å²) >= 11 is 0. The molecule has 0 saturated carbocycles. The van der Waals surface area contributed by atoms with Gasteiger partial charge in [0.05, 0.1) is 12.7 Å². The van der Waals surface area contributed by atoms with E-state index in [4.69, 9.17) is 4.74 Å². The molecule has 5 nitrogen and oxygen atoms in total. The van der Waals surface area contributed by atoms with Crippen LogP contribution in [0.25, 0.3) is 0 Å². The van der Waals surface area contributed by atoms with E-state index in [1.807, 2.05) is 30.3 Å². The predicted octanol–water partition coefficient (Wildman–Crippen LogP) is -0.0578.